The first-order valence-corrected chi connectivity index (χ1v) is 8.21. The summed E-state index contributed by atoms with van der Waals surface area (Å²) in [7, 11) is 1.69. The average molecular weight is 320 g/mol. The Morgan fingerprint density at radius 3 is 2.67 bits per heavy atom. The van der Waals surface area contributed by atoms with Crippen molar-refractivity contribution in [2.45, 2.75) is 19.4 Å². The molecule has 0 N–H and O–H groups in total. The van der Waals surface area contributed by atoms with Gasteiger partial charge in [0.1, 0.15) is 23.9 Å². The molecule has 0 saturated heterocycles. The molecule has 1 atom stereocenters. The maximum absolute atomic E-state index is 6.19. The van der Waals surface area contributed by atoms with Gasteiger partial charge in [-0.05, 0) is 17.7 Å². The highest BCUT2D eigenvalue weighted by atomic mass is 16.5. The minimum atomic E-state index is 0.370. The van der Waals surface area contributed by atoms with Crippen LogP contribution in [-0.2, 0) is 6.61 Å². The highest BCUT2D eigenvalue weighted by molar-refractivity contribution is 5.99. The van der Waals surface area contributed by atoms with Crippen molar-refractivity contribution in [2.24, 2.45) is 0 Å². The van der Waals surface area contributed by atoms with E-state index >= 15 is 0 Å². The maximum atomic E-state index is 6.19. The molecule has 0 aromatic heterocycles. The van der Waals surface area contributed by atoms with Gasteiger partial charge >= 0.3 is 0 Å². The Morgan fingerprint density at radius 1 is 1.04 bits per heavy atom. The molecule has 0 saturated carbocycles. The van der Waals surface area contributed by atoms with Gasteiger partial charge in [0, 0.05) is 16.9 Å². The summed E-state index contributed by atoms with van der Waals surface area (Å²) in [4.78, 5) is 0. The van der Waals surface area contributed by atoms with E-state index < -0.39 is 0 Å². The van der Waals surface area contributed by atoms with Gasteiger partial charge < -0.3 is 14.2 Å². The van der Waals surface area contributed by atoms with E-state index in [0.29, 0.717) is 19.1 Å². The first kappa shape index (κ1) is 14.9. The summed E-state index contributed by atoms with van der Waals surface area (Å²) >= 11 is 0. The smallest absolute Gasteiger partial charge is 0.131 e. The summed E-state index contributed by atoms with van der Waals surface area (Å²) in [6.45, 7) is 3.42. The van der Waals surface area contributed by atoms with Gasteiger partial charge in [0.05, 0.1) is 19.1 Å². The molecular formula is C21H20O3. The maximum Gasteiger partial charge on any atom is 0.131 e. The minimum Gasteiger partial charge on any atom is -0.496 e. The van der Waals surface area contributed by atoms with E-state index in [9.17, 15) is 0 Å². The van der Waals surface area contributed by atoms with Gasteiger partial charge in [-0.2, -0.15) is 0 Å². The molecule has 0 spiro atoms. The summed E-state index contributed by atoms with van der Waals surface area (Å²) in [5, 5.41) is 2.03. The largest absolute Gasteiger partial charge is 0.496 e. The highest BCUT2D eigenvalue weighted by Gasteiger charge is 2.26. The Labute approximate surface area is 141 Å². The van der Waals surface area contributed by atoms with E-state index in [0.717, 1.165) is 33.6 Å². The van der Waals surface area contributed by atoms with Crippen LogP contribution < -0.4 is 14.2 Å². The number of hydrogen-bond donors (Lipinski definition) is 0. The lowest BCUT2D eigenvalue weighted by Gasteiger charge is -2.15. The van der Waals surface area contributed by atoms with Crippen molar-refractivity contribution in [3.63, 3.8) is 0 Å². The molecule has 3 nitrogen and oxygen atoms in total. The third kappa shape index (κ3) is 2.46. The third-order valence-corrected chi connectivity index (χ3v) is 4.53. The van der Waals surface area contributed by atoms with Crippen LogP contribution in [0, 0.1) is 0 Å². The minimum absolute atomic E-state index is 0.370. The van der Waals surface area contributed by atoms with E-state index in [-0.39, 0.29) is 0 Å². The van der Waals surface area contributed by atoms with Gasteiger partial charge in [0.2, 0.25) is 0 Å². The Morgan fingerprint density at radius 2 is 1.88 bits per heavy atom. The molecule has 1 aliphatic heterocycles. The second-order valence-corrected chi connectivity index (χ2v) is 6.16. The Balaban J connectivity index is 1.83. The van der Waals surface area contributed by atoms with Gasteiger partial charge in [0.25, 0.3) is 0 Å². The van der Waals surface area contributed by atoms with Crippen molar-refractivity contribution in [1.29, 1.82) is 0 Å². The molecule has 0 bridgehead atoms. The van der Waals surface area contributed by atoms with Crippen LogP contribution in [0.1, 0.15) is 24.0 Å². The van der Waals surface area contributed by atoms with Crippen LogP contribution in [0.4, 0.5) is 0 Å². The van der Waals surface area contributed by atoms with Crippen molar-refractivity contribution in [3.05, 3.63) is 65.7 Å². The highest BCUT2D eigenvalue weighted by Crippen LogP contribution is 2.46. The first-order chi connectivity index (χ1) is 11.8. The van der Waals surface area contributed by atoms with Crippen LogP contribution in [-0.4, -0.2) is 13.7 Å². The molecule has 0 fully saturated rings. The second kappa shape index (κ2) is 6.08. The van der Waals surface area contributed by atoms with E-state index in [1.165, 1.54) is 5.56 Å². The number of rotatable bonds is 4. The van der Waals surface area contributed by atoms with Crippen molar-refractivity contribution in [1.82, 2.24) is 0 Å². The zero-order valence-corrected chi connectivity index (χ0v) is 13.9. The monoisotopic (exact) mass is 320 g/mol. The molecule has 3 aromatic carbocycles. The SMILES string of the molecule is COc1cccc2c3c(cc(OCc4ccccc4)c12)C(C)CO3. The van der Waals surface area contributed by atoms with Crippen LogP contribution in [0.3, 0.4) is 0 Å². The first-order valence-electron chi connectivity index (χ1n) is 8.21. The van der Waals surface area contributed by atoms with Crippen molar-refractivity contribution < 1.29 is 14.2 Å². The Kier molecular flexibility index (Phi) is 3.77. The van der Waals surface area contributed by atoms with E-state index in [2.05, 4.69) is 31.2 Å². The molecule has 122 valence electrons. The topological polar surface area (TPSA) is 27.7 Å². The van der Waals surface area contributed by atoms with Gasteiger partial charge in [-0.15, -0.1) is 0 Å². The molecule has 0 radical (unpaired) electrons. The summed E-state index contributed by atoms with van der Waals surface area (Å²) in [6.07, 6.45) is 0. The van der Waals surface area contributed by atoms with Crippen LogP contribution in [0.25, 0.3) is 10.8 Å². The summed E-state index contributed by atoms with van der Waals surface area (Å²) in [6, 6.07) is 18.3. The van der Waals surface area contributed by atoms with Crippen molar-refractivity contribution >= 4 is 10.8 Å². The zero-order valence-electron chi connectivity index (χ0n) is 13.9. The van der Waals surface area contributed by atoms with E-state index in [4.69, 9.17) is 14.2 Å². The molecule has 1 unspecified atom stereocenters. The van der Waals surface area contributed by atoms with Crippen molar-refractivity contribution in [2.75, 3.05) is 13.7 Å². The zero-order chi connectivity index (χ0) is 16.5. The average Bonchev–Trinajstić information content (AvgIpc) is 3.01. The second-order valence-electron chi connectivity index (χ2n) is 6.16. The fraction of sp³-hybridized carbons (Fsp3) is 0.238. The standard InChI is InChI=1S/C21H20O3/c1-14-12-24-21-16-9-6-10-18(22-2)20(16)19(11-17(14)21)23-13-15-7-4-3-5-8-15/h3-11,14H,12-13H2,1-2H3. The van der Waals surface area contributed by atoms with E-state index in [1.807, 2.05) is 30.3 Å². The van der Waals surface area contributed by atoms with Crippen molar-refractivity contribution in [3.8, 4) is 17.2 Å². The molecule has 0 amide bonds. The lowest BCUT2D eigenvalue weighted by atomic mass is 9.98. The summed E-state index contributed by atoms with van der Waals surface area (Å²) in [5.41, 5.74) is 2.35. The fourth-order valence-corrected chi connectivity index (χ4v) is 3.25. The molecule has 0 aliphatic carbocycles. The van der Waals surface area contributed by atoms with Gasteiger partial charge in [0.15, 0.2) is 0 Å². The summed E-state index contributed by atoms with van der Waals surface area (Å²) in [5.74, 6) is 2.99. The summed E-state index contributed by atoms with van der Waals surface area (Å²) < 4.78 is 17.7. The van der Waals surface area contributed by atoms with Gasteiger partial charge in [-0.3, -0.25) is 0 Å². The van der Waals surface area contributed by atoms with Gasteiger partial charge in [-0.1, -0.05) is 49.4 Å². The quantitative estimate of drug-likeness (QED) is 0.682. The Hall–Kier alpha value is -2.68. The fourth-order valence-electron chi connectivity index (χ4n) is 3.25. The van der Waals surface area contributed by atoms with Crippen LogP contribution in [0.5, 0.6) is 17.2 Å². The van der Waals surface area contributed by atoms with E-state index in [1.54, 1.807) is 7.11 Å². The molecular weight excluding hydrogens is 300 g/mol. The lowest BCUT2D eigenvalue weighted by Crippen LogP contribution is -1.98. The van der Waals surface area contributed by atoms with Crippen LogP contribution >= 0.6 is 0 Å². The van der Waals surface area contributed by atoms with Crippen LogP contribution in [0.2, 0.25) is 0 Å². The number of methoxy groups -OCH3 is 1. The molecule has 1 heterocycles. The molecule has 1 aliphatic rings. The normalized spacial score (nSPS) is 15.8. The predicted octanol–water partition coefficient (Wildman–Crippen LogP) is 4.92. The number of hydrogen-bond acceptors (Lipinski definition) is 3. The Bertz CT molecular complexity index is 871. The molecule has 3 aromatic rings. The molecule has 4 rings (SSSR count). The number of fused-ring (bicyclic) bond motifs is 3. The van der Waals surface area contributed by atoms with Gasteiger partial charge in [-0.25, -0.2) is 0 Å². The number of ether oxygens (including phenoxy) is 3. The number of benzene rings is 3. The molecule has 3 heteroatoms. The third-order valence-electron chi connectivity index (χ3n) is 4.53. The molecule has 24 heavy (non-hydrogen) atoms. The van der Waals surface area contributed by atoms with Crippen LogP contribution in [0.15, 0.2) is 54.6 Å². The lowest BCUT2D eigenvalue weighted by molar-refractivity contribution is 0.308. The predicted molar refractivity (Wildman–Crippen MR) is 95.2 cm³/mol.